The lowest BCUT2D eigenvalue weighted by molar-refractivity contribution is -0.00422. The Hall–Kier alpha value is -1.81. The summed E-state index contributed by atoms with van der Waals surface area (Å²) in [7, 11) is 3.09. The molecule has 0 radical (unpaired) electrons. The number of methoxy groups -OCH3 is 2. The molecular weight excluding hydrogens is 262 g/mol. The van der Waals surface area contributed by atoms with Gasteiger partial charge in [0.1, 0.15) is 24.2 Å². The fourth-order valence-corrected chi connectivity index (χ4v) is 1.44. The normalized spacial score (nSPS) is 11.7. The number of ether oxygens (including phenoxy) is 4. The van der Waals surface area contributed by atoms with Gasteiger partial charge in [0.15, 0.2) is 0 Å². The first-order valence-electron chi connectivity index (χ1n) is 6.16. The Morgan fingerprint density at radius 2 is 1.90 bits per heavy atom. The van der Waals surface area contributed by atoms with Gasteiger partial charge in [0.25, 0.3) is 0 Å². The predicted molar refractivity (Wildman–Crippen MR) is 71.9 cm³/mol. The van der Waals surface area contributed by atoms with E-state index in [0.717, 1.165) is 0 Å². The minimum atomic E-state index is -0.747. The molecule has 6 heteroatoms. The van der Waals surface area contributed by atoms with Crippen molar-refractivity contribution in [1.82, 2.24) is 0 Å². The third kappa shape index (κ3) is 5.89. The van der Waals surface area contributed by atoms with E-state index in [2.05, 4.69) is 0 Å². The molecule has 0 aliphatic carbocycles. The summed E-state index contributed by atoms with van der Waals surface area (Å²) in [5.74, 6) is 1.00. The summed E-state index contributed by atoms with van der Waals surface area (Å²) in [4.78, 5) is 0. The maximum atomic E-state index is 9.68. The standard InChI is InChI=1S/C14H19NO5/c1-17-3-4-19-9-12(16)10-20-14-6-11(8-15)5-13(7-14)18-2/h5-7,12,16H,3-4,9-10H2,1-2H3. The summed E-state index contributed by atoms with van der Waals surface area (Å²) in [6, 6.07) is 6.86. The van der Waals surface area contributed by atoms with Gasteiger partial charge in [-0.1, -0.05) is 0 Å². The van der Waals surface area contributed by atoms with Gasteiger partial charge in [0, 0.05) is 13.2 Å². The van der Waals surface area contributed by atoms with E-state index >= 15 is 0 Å². The SMILES string of the molecule is COCCOCC(O)COc1cc(C#N)cc(OC)c1. The topological polar surface area (TPSA) is 80.9 Å². The van der Waals surface area contributed by atoms with Gasteiger partial charge in [-0.15, -0.1) is 0 Å². The van der Waals surface area contributed by atoms with Crippen LogP contribution in [0.25, 0.3) is 0 Å². The average Bonchev–Trinajstić information content (AvgIpc) is 2.49. The summed E-state index contributed by atoms with van der Waals surface area (Å²) in [6.07, 6.45) is -0.747. The van der Waals surface area contributed by atoms with Gasteiger partial charge in [0.2, 0.25) is 0 Å². The highest BCUT2D eigenvalue weighted by Gasteiger charge is 2.07. The molecule has 0 saturated carbocycles. The molecule has 0 fully saturated rings. The number of hydrogen-bond donors (Lipinski definition) is 1. The first kappa shape index (κ1) is 16.2. The lowest BCUT2D eigenvalue weighted by Gasteiger charge is -2.13. The van der Waals surface area contributed by atoms with Crippen LogP contribution in [0.5, 0.6) is 11.5 Å². The number of nitrogens with zero attached hydrogens (tertiary/aromatic N) is 1. The molecule has 0 spiro atoms. The molecule has 0 aliphatic rings. The van der Waals surface area contributed by atoms with E-state index < -0.39 is 6.10 Å². The van der Waals surface area contributed by atoms with Crippen molar-refractivity contribution in [3.63, 3.8) is 0 Å². The molecule has 6 nitrogen and oxygen atoms in total. The maximum Gasteiger partial charge on any atom is 0.124 e. The first-order valence-corrected chi connectivity index (χ1v) is 6.16. The van der Waals surface area contributed by atoms with E-state index in [9.17, 15) is 5.11 Å². The summed E-state index contributed by atoms with van der Waals surface area (Å²) in [5.41, 5.74) is 0.435. The quantitative estimate of drug-likeness (QED) is 0.679. The van der Waals surface area contributed by atoms with Crippen LogP contribution in [0.1, 0.15) is 5.56 Å². The van der Waals surface area contributed by atoms with Crippen molar-refractivity contribution in [2.75, 3.05) is 40.6 Å². The van der Waals surface area contributed by atoms with Crippen LogP contribution >= 0.6 is 0 Å². The van der Waals surface area contributed by atoms with Crippen molar-refractivity contribution in [3.8, 4) is 17.6 Å². The molecular formula is C14H19NO5. The molecule has 0 bridgehead atoms. The number of benzene rings is 1. The Morgan fingerprint density at radius 3 is 2.55 bits per heavy atom. The fraction of sp³-hybridized carbons (Fsp3) is 0.500. The zero-order valence-electron chi connectivity index (χ0n) is 11.7. The largest absolute Gasteiger partial charge is 0.497 e. The van der Waals surface area contributed by atoms with Crippen LogP contribution in [0.2, 0.25) is 0 Å². The van der Waals surface area contributed by atoms with Crippen molar-refractivity contribution < 1.29 is 24.1 Å². The summed E-state index contributed by atoms with van der Waals surface area (Å²) in [6.45, 7) is 1.14. The smallest absolute Gasteiger partial charge is 0.124 e. The van der Waals surface area contributed by atoms with Gasteiger partial charge < -0.3 is 24.1 Å². The van der Waals surface area contributed by atoms with Crippen LogP contribution in [0.4, 0.5) is 0 Å². The van der Waals surface area contributed by atoms with Crippen molar-refractivity contribution >= 4 is 0 Å². The molecule has 0 amide bonds. The number of aliphatic hydroxyl groups is 1. The molecule has 1 atom stereocenters. The Balaban J connectivity index is 2.42. The van der Waals surface area contributed by atoms with Crippen LogP contribution < -0.4 is 9.47 Å². The van der Waals surface area contributed by atoms with Crippen molar-refractivity contribution in [2.24, 2.45) is 0 Å². The van der Waals surface area contributed by atoms with Gasteiger partial charge in [-0.3, -0.25) is 0 Å². The first-order chi connectivity index (χ1) is 9.69. The van der Waals surface area contributed by atoms with Crippen LogP contribution in [-0.2, 0) is 9.47 Å². The summed E-state index contributed by atoms with van der Waals surface area (Å²) >= 11 is 0. The van der Waals surface area contributed by atoms with Gasteiger partial charge in [-0.05, 0) is 12.1 Å². The van der Waals surface area contributed by atoms with E-state index in [4.69, 9.17) is 24.2 Å². The highest BCUT2D eigenvalue weighted by Crippen LogP contribution is 2.22. The molecule has 110 valence electrons. The number of nitriles is 1. The predicted octanol–water partition coefficient (Wildman–Crippen LogP) is 0.970. The van der Waals surface area contributed by atoms with E-state index in [1.54, 1.807) is 25.3 Å². The summed E-state index contributed by atoms with van der Waals surface area (Å²) in [5, 5.41) is 18.6. The van der Waals surface area contributed by atoms with Crippen molar-refractivity contribution in [3.05, 3.63) is 23.8 Å². The molecule has 1 aromatic rings. The van der Waals surface area contributed by atoms with E-state index in [1.807, 2.05) is 6.07 Å². The third-order valence-electron chi connectivity index (χ3n) is 2.43. The number of hydrogen-bond acceptors (Lipinski definition) is 6. The molecule has 1 rings (SSSR count). The highest BCUT2D eigenvalue weighted by atomic mass is 16.5. The molecule has 0 heterocycles. The van der Waals surface area contributed by atoms with Gasteiger partial charge in [-0.25, -0.2) is 0 Å². The van der Waals surface area contributed by atoms with Crippen LogP contribution in [-0.4, -0.2) is 51.9 Å². The highest BCUT2D eigenvalue weighted by molar-refractivity contribution is 5.43. The Kier molecular flexibility index (Phi) is 7.43. The molecule has 0 aromatic heterocycles. The maximum absolute atomic E-state index is 9.68. The summed E-state index contributed by atoms with van der Waals surface area (Å²) < 4.78 is 20.5. The van der Waals surface area contributed by atoms with Crippen LogP contribution in [0, 0.1) is 11.3 Å². The molecule has 0 aliphatic heterocycles. The van der Waals surface area contributed by atoms with Crippen molar-refractivity contribution in [1.29, 1.82) is 5.26 Å². The van der Waals surface area contributed by atoms with E-state index in [1.165, 1.54) is 7.11 Å². The minimum absolute atomic E-state index is 0.0744. The Bertz CT molecular complexity index is 444. The lowest BCUT2D eigenvalue weighted by Crippen LogP contribution is -2.24. The third-order valence-corrected chi connectivity index (χ3v) is 2.43. The zero-order chi connectivity index (χ0) is 14.8. The number of rotatable bonds is 9. The van der Waals surface area contributed by atoms with Gasteiger partial charge in [0.05, 0.1) is 38.6 Å². The van der Waals surface area contributed by atoms with Gasteiger partial charge >= 0.3 is 0 Å². The fourth-order valence-electron chi connectivity index (χ4n) is 1.44. The van der Waals surface area contributed by atoms with Crippen molar-refractivity contribution in [2.45, 2.75) is 6.10 Å². The van der Waals surface area contributed by atoms with Crippen LogP contribution in [0.15, 0.2) is 18.2 Å². The molecule has 0 saturated heterocycles. The van der Waals surface area contributed by atoms with E-state index in [0.29, 0.717) is 30.3 Å². The van der Waals surface area contributed by atoms with Gasteiger partial charge in [-0.2, -0.15) is 5.26 Å². The minimum Gasteiger partial charge on any atom is -0.497 e. The molecule has 1 N–H and O–H groups in total. The monoisotopic (exact) mass is 281 g/mol. The molecule has 1 unspecified atom stereocenters. The molecule has 1 aromatic carbocycles. The zero-order valence-corrected chi connectivity index (χ0v) is 11.7. The number of aliphatic hydroxyl groups excluding tert-OH is 1. The lowest BCUT2D eigenvalue weighted by atomic mass is 10.2. The Morgan fingerprint density at radius 1 is 1.15 bits per heavy atom. The Labute approximate surface area is 118 Å². The van der Waals surface area contributed by atoms with Crippen LogP contribution in [0.3, 0.4) is 0 Å². The second kappa shape index (κ2) is 9.15. The average molecular weight is 281 g/mol. The molecule has 20 heavy (non-hydrogen) atoms. The van der Waals surface area contributed by atoms with E-state index in [-0.39, 0.29) is 13.2 Å². The second-order valence-corrected chi connectivity index (χ2v) is 4.04. The second-order valence-electron chi connectivity index (χ2n) is 4.04.